The minimum atomic E-state index is 0.142. The van der Waals surface area contributed by atoms with E-state index in [9.17, 15) is 4.79 Å². The molecule has 0 aromatic carbocycles. The molecule has 2 rings (SSSR count). The molecule has 0 aromatic heterocycles. The van der Waals surface area contributed by atoms with E-state index in [-0.39, 0.29) is 17.9 Å². The molecule has 104 valence electrons. The van der Waals surface area contributed by atoms with Crippen LogP contribution in [-0.4, -0.2) is 18.0 Å². The number of hydrogen-bond donors (Lipinski definition) is 2. The smallest absolute Gasteiger partial charge is 0.223 e. The van der Waals surface area contributed by atoms with Crippen molar-refractivity contribution >= 4 is 5.91 Å². The van der Waals surface area contributed by atoms with Gasteiger partial charge in [-0.3, -0.25) is 4.79 Å². The van der Waals surface area contributed by atoms with E-state index in [1.165, 1.54) is 25.7 Å². The van der Waals surface area contributed by atoms with E-state index in [1.54, 1.807) is 0 Å². The Labute approximate surface area is 111 Å². The van der Waals surface area contributed by atoms with Crippen molar-refractivity contribution in [3.05, 3.63) is 0 Å². The third kappa shape index (κ3) is 4.27. The predicted octanol–water partition coefficient (Wildman–Crippen LogP) is 2.44. The van der Waals surface area contributed by atoms with Crippen molar-refractivity contribution in [1.82, 2.24) is 5.32 Å². The Kier molecular flexibility index (Phi) is 4.66. The third-order valence-corrected chi connectivity index (χ3v) is 4.31. The van der Waals surface area contributed by atoms with Crippen LogP contribution in [0.4, 0.5) is 0 Å². The average Bonchev–Trinajstić information content (AvgIpc) is 3.16. The van der Waals surface area contributed by atoms with Crippen molar-refractivity contribution in [2.24, 2.45) is 23.5 Å². The molecule has 0 radical (unpaired) electrons. The highest BCUT2D eigenvalue weighted by Gasteiger charge is 2.42. The van der Waals surface area contributed by atoms with E-state index >= 15 is 0 Å². The summed E-state index contributed by atoms with van der Waals surface area (Å²) in [5.41, 5.74) is 5.73. The van der Waals surface area contributed by atoms with Gasteiger partial charge in [-0.25, -0.2) is 0 Å². The zero-order chi connectivity index (χ0) is 13.1. The van der Waals surface area contributed by atoms with Crippen LogP contribution in [0.15, 0.2) is 0 Å². The van der Waals surface area contributed by atoms with Crippen molar-refractivity contribution in [2.75, 3.05) is 0 Å². The molecule has 1 amide bonds. The molecule has 0 heterocycles. The van der Waals surface area contributed by atoms with Crippen molar-refractivity contribution in [3.8, 4) is 0 Å². The number of carbonyl (C=O) groups is 1. The monoisotopic (exact) mass is 252 g/mol. The molecular weight excluding hydrogens is 224 g/mol. The van der Waals surface area contributed by atoms with E-state index in [1.807, 2.05) is 13.8 Å². The molecule has 2 atom stereocenters. The molecule has 3 N–H and O–H groups in total. The Balaban J connectivity index is 1.68. The summed E-state index contributed by atoms with van der Waals surface area (Å²) in [7, 11) is 0. The molecular formula is C15H28N2O. The maximum absolute atomic E-state index is 12.2. The summed E-state index contributed by atoms with van der Waals surface area (Å²) in [6.45, 7) is 4.08. The minimum Gasteiger partial charge on any atom is -0.353 e. The van der Waals surface area contributed by atoms with Crippen LogP contribution in [0.5, 0.6) is 0 Å². The number of amides is 1. The second kappa shape index (κ2) is 6.05. The first kappa shape index (κ1) is 13.9. The van der Waals surface area contributed by atoms with Gasteiger partial charge >= 0.3 is 0 Å². The maximum atomic E-state index is 12.2. The lowest BCUT2D eigenvalue weighted by molar-refractivity contribution is -0.125. The van der Waals surface area contributed by atoms with Gasteiger partial charge in [0, 0.05) is 18.0 Å². The van der Waals surface area contributed by atoms with Crippen LogP contribution in [0.25, 0.3) is 0 Å². The fraction of sp³-hybridized carbons (Fsp3) is 0.933. The van der Waals surface area contributed by atoms with Gasteiger partial charge in [0.15, 0.2) is 0 Å². The van der Waals surface area contributed by atoms with Gasteiger partial charge in [-0.1, -0.05) is 13.3 Å². The van der Waals surface area contributed by atoms with Gasteiger partial charge in [-0.05, 0) is 57.3 Å². The third-order valence-electron chi connectivity index (χ3n) is 4.31. The summed E-state index contributed by atoms with van der Waals surface area (Å²) in [6, 6.07) is 0.749. The Morgan fingerprint density at radius 2 is 1.72 bits per heavy atom. The van der Waals surface area contributed by atoms with E-state index in [0.717, 1.165) is 31.1 Å². The summed E-state index contributed by atoms with van der Waals surface area (Å²) in [4.78, 5) is 12.2. The zero-order valence-corrected chi connectivity index (χ0v) is 11.8. The van der Waals surface area contributed by atoms with E-state index in [2.05, 4.69) is 5.32 Å². The minimum absolute atomic E-state index is 0.142. The molecule has 2 unspecified atom stereocenters. The molecule has 2 saturated carbocycles. The molecule has 0 aliphatic heterocycles. The van der Waals surface area contributed by atoms with Crippen LogP contribution in [-0.2, 0) is 4.79 Å². The van der Waals surface area contributed by atoms with E-state index in [0.29, 0.717) is 6.04 Å². The maximum Gasteiger partial charge on any atom is 0.223 e. The highest BCUT2D eigenvalue weighted by atomic mass is 16.1. The highest BCUT2D eigenvalue weighted by molar-refractivity contribution is 5.78. The van der Waals surface area contributed by atoms with Crippen LogP contribution in [0.1, 0.15) is 58.8 Å². The Morgan fingerprint density at radius 1 is 1.17 bits per heavy atom. The first-order chi connectivity index (χ1) is 8.58. The predicted molar refractivity (Wildman–Crippen MR) is 74.0 cm³/mol. The van der Waals surface area contributed by atoms with Crippen molar-refractivity contribution in [1.29, 1.82) is 0 Å². The van der Waals surface area contributed by atoms with Crippen molar-refractivity contribution in [2.45, 2.75) is 70.9 Å². The fourth-order valence-electron chi connectivity index (χ4n) is 2.71. The normalized spacial score (nSPS) is 22.9. The van der Waals surface area contributed by atoms with Crippen LogP contribution in [0.3, 0.4) is 0 Å². The number of nitrogens with two attached hydrogens (primary N) is 1. The Bertz CT molecular complexity index is 270. The molecule has 2 fully saturated rings. The van der Waals surface area contributed by atoms with Gasteiger partial charge in [0.2, 0.25) is 5.91 Å². The lowest BCUT2D eigenvalue weighted by Gasteiger charge is -2.20. The van der Waals surface area contributed by atoms with Gasteiger partial charge in [-0.15, -0.1) is 0 Å². The highest BCUT2D eigenvalue weighted by Crippen LogP contribution is 2.44. The van der Waals surface area contributed by atoms with E-state index in [4.69, 9.17) is 5.73 Å². The largest absolute Gasteiger partial charge is 0.353 e. The van der Waals surface area contributed by atoms with Crippen molar-refractivity contribution < 1.29 is 4.79 Å². The van der Waals surface area contributed by atoms with E-state index < -0.39 is 0 Å². The van der Waals surface area contributed by atoms with Crippen LogP contribution < -0.4 is 11.1 Å². The quantitative estimate of drug-likeness (QED) is 0.697. The topological polar surface area (TPSA) is 55.1 Å². The average molecular weight is 252 g/mol. The summed E-state index contributed by atoms with van der Waals surface area (Å²) >= 11 is 0. The molecule has 2 aliphatic carbocycles. The zero-order valence-electron chi connectivity index (χ0n) is 11.8. The molecule has 0 spiro atoms. The first-order valence-corrected chi connectivity index (χ1v) is 7.64. The Hall–Kier alpha value is -0.570. The second-order valence-corrected chi connectivity index (χ2v) is 6.52. The van der Waals surface area contributed by atoms with Gasteiger partial charge < -0.3 is 11.1 Å². The van der Waals surface area contributed by atoms with Gasteiger partial charge in [0.25, 0.3) is 0 Å². The molecule has 0 aromatic rings. The molecule has 18 heavy (non-hydrogen) atoms. The number of hydrogen-bond acceptors (Lipinski definition) is 2. The summed E-state index contributed by atoms with van der Waals surface area (Å²) < 4.78 is 0. The molecule has 0 bridgehead atoms. The number of rotatable bonds is 8. The van der Waals surface area contributed by atoms with Gasteiger partial charge in [0.1, 0.15) is 0 Å². The summed E-state index contributed by atoms with van der Waals surface area (Å²) in [5.74, 6) is 1.99. The molecule has 3 heteroatoms. The molecule has 3 nitrogen and oxygen atoms in total. The van der Waals surface area contributed by atoms with Gasteiger partial charge in [-0.2, -0.15) is 0 Å². The standard InChI is InChI=1S/C15H28N2O/c1-10(4-3-5-11(2)16)15(18)17-14(12-6-7-12)13-8-9-13/h10-14H,3-9,16H2,1-2H3,(H,17,18). The molecule has 0 saturated heterocycles. The Morgan fingerprint density at radius 3 is 2.17 bits per heavy atom. The summed E-state index contributed by atoms with van der Waals surface area (Å²) in [6.07, 6.45) is 8.33. The number of nitrogens with one attached hydrogen (secondary N) is 1. The summed E-state index contributed by atoms with van der Waals surface area (Å²) in [5, 5.41) is 3.31. The SMILES string of the molecule is CC(N)CCCC(C)C(=O)NC(C1CC1)C1CC1. The van der Waals surface area contributed by atoms with Crippen molar-refractivity contribution in [3.63, 3.8) is 0 Å². The lowest BCUT2D eigenvalue weighted by Crippen LogP contribution is -2.41. The van der Waals surface area contributed by atoms with Crippen LogP contribution >= 0.6 is 0 Å². The lowest BCUT2D eigenvalue weighted by atomic mass is 9.99. The van der Waals surface area contributed by atoms with Crippen LogP contribution in [0.2, 0.25) is 0 Å². The van der Waals surface area contributed by atoms with Crippen LogP contribution in [0, 0.1) is 17.8 Å². The molecule has 2 aliphatic rings. The fourth-order valence-corrected chi connectivity index (χ4v) is 2.71. The number of carbonyl (C=O) groups excluding carboxylic acids is 1. The first-order valence-electron chi connectivity index (χ1n) is 7.64. The van der Waals surface area contributed by atoms with Gasteiger partial charge in [0.05, 0.1) is 0 Å². The second-order valence-electron chi connectivity index (χ2n) is 6.52.